The molecule has 1 aliphatic rings. The van der Waals surface area contributed by atoms with E-state index in [2.05, 4.69) is 22.3 Å². The Hall–Kier alpha value is -2.79. The predicted octanol–water partition coefficient (Wildman–Crippen LogP) is 4.73. The van der Waals surface area contributed by atoms with Crippen LogP contribution >= 0.6 is 0 Å². The number of amides is 1. The zero-order valence-electron chi connectivity index (χ0n) is 17.3. The molecular formula is C24H30N2O3. The summed E-state index contributed by atoms with van der Waals surface area (Å²) in [5, 5.41) is 2.95. The third-order valence-corrected chi connectivity index (χ3v) is 4.96. The quantitative estimate of drug-likeness (QED) is 0.658. The molecule has 1 amide bonds. The Bertz CT molecular complexity index is 842. The Labute approximate surface area is 173 Å². The summed E-state index contributed by atoms with van der Waals surface area (Å²) in [5.74, 6) is 1.19. The molecule has 1 fully saturated rings. The highest BCUT2D eigenvalue weighted by atomic mass is 16.5. The Kier molecular flexibility index (Phi) is 7.70. The normalized spacial score (nSPS) is 14.7. The van der Waals surface area contributed by atoms with Crippen LogP contribution in [0.15, 0.2) is 48.5 Å². The number of hydrogen-bond donors (Lipinski definition) is 1. The summed E-state index contributed by atoms with van der Waals surface area (Å²) in [6.45, 7) is 5.73. The molecule has 1 aliphatic heterocycles. The average molecular weight is 395 g/mol. The van der Waals surface area contributed by atoms with Crippen molar-refractivity contribution in [2.24, 2.45) is 0 Å². The van der Waals surface area contributed by atoms with E-state index in [4.69, 9.17) is 9.47 Å². The highest BCUT2D eigenvalue weighted by Gasteiger charge is 2.11. The Morgan fingerprint density at radius 1 is 1.10 bits per heavy atom. The number of piperidine rings is 1. The van der Waals surface area contributed by atoms with Gasteiger partial charge in [0.15, 0.2) is 11.5 Å². The largest absolute Gasteiger partial charge is 0.493 e. The van der Waals surface area contributed by atoms with Crippen molar-refractivity contribution in [3.63, 3.8) is 0 Å². The minimum Gasteiger partial charge on any atom is -0.493 e. The number of carbonyl (C=O) groups is 1. The minimum atomic E-state index is -0.158. The summed E-state index contributed by atoms with van der Waals surface area (Å²) in [7, 11) is 1.61. The molecule has 3 rings (SSSR count). The van der Waals surface area contributed by atoms with Gasteiger partial charge in [-0.05, 0) is 74.3 Å². The zero-order chi connectivity index (χ0) is 20.5. The van der Waals surface area contributed by atoms with Crippen LogP contribution in [0, 0.1) is 0 Å². The molecule has 0 spiro atoms. The maximum Gasteiger partial charge on any atom is 0.248 e. The first-order valence-corrected chi connectivity index (χ1v) is 10.3. The lowest BCUT2D eigenvalue weighted by Crippen LogP contribution is -2.29. The van der Waals surface area contributed by atoms with Gasteiger partial charge in [-0.1, -0.05) is 24.6 Å². The summed E-state index contributed by atoms with van der Waals surface area (Å²) in [6, 6.07) is 13.7. The number of hydrogen-bond acceptors (Lipinski definition) is 4. The van der Waals surface area contributed by atoms with Crippen LogP contribution in [0.4, 0.5) is 5.69 Å². The number of likely N-dealkylation sites (tertiary alicyclic amines) is 1. The van der Waals surface area contributed by atoms with Gasteiger partial charge in [-0.25, -0.2) is 0 Å². The van der Waals surface area contributed by atoms with Gasteiger partial charge in [0.05, 0.1) is 13.7 Å². The van der Waals surface area contributed by atoms with Gasteiger partial charge in [0.2, 0.25) is 5.91 Å². The van der Waals surface area contributed by atoms with Crippen LogP contribution in [0.2, 0.25) is 0 Å². The van der Waals surface area contributed by atoms with Gasteiger partial charge in [-0.3, -0.25) is 9.69 Å². The summed E-state index contributed by atoms with van der Waals surface area (Å²) < 4.78 is 10.9. The Balaban J connectivity index is 1.60. The van der Waals surface area contributed by atoms with Crippen LogP contribution < -0.4 is 14.8 Å². The van der Waals surface area contributed by atoms with Crippen LogP contribution in [0.3, 0.4) is 0 Å². The maximum atomic E-state index is 12.4. The summed E-state index contributed by atoms with van der Waals surface area (Å²) in [5.41, 5.74) is 2.92. The van der Waals surface area contributed by atoms with E-state index < -0.39 is 0 Å². The third-order valence-electron chi connectivity index (χ3n) is 4.96. The molecular weight excluding hydrogens is 364 g/mol. The van der Waals surface area contributed by atoms with E-state index in [0.717, 1.165) is 30.9 Å². The van der Waals surface area contributed by atoms with Gasteiger partial charge >= 0.3 is 0 Å². The standard InChI is InChI=1S/C24H30N2O3/c1-3-29-23-17-19(10-12-22(23)28-2)11-13-24(27)25-21-9-7-8-20(16-21)18-26-14-5-4-6-15-26/h7-13,16-17H,3-6,14-15,18H2,1-2H3,(H,25,27)/b13-11+. The minimum absolute atomic E-state index is 0.158. The third kappa shape index (κ3) is 6.36. The fourth-order valence-corrected chi connectivity index (χ4v) is 3.54. The predicted molar refractivity (Wildman–Crippen MR) is 117 cm³/mol. The second-order valence-corrected chi connectivity index (χ2v) is 7.20. The number of methoxy groups -OCH3 is 1. The van der Waals surface area contributed by atoms with Gasteiger partial charge in [0, 0.05) is 18.3 Å². The monoisotopic (exact) mass is 394 g/mol. The number of nitrogens with one attached hydrogen (secondary N) is 1. The molecule has 0 bridgehead atoms. The number of nitrogens with zero attached hydrogens (tertiary/aromatic N) is 1. The van der Waals surface area contributed by atoms with Crippen LogP contribution in [0.1, 0.15) is 37.3 Å². The van der Waals surface area contributed by atoms with E-state index in [-0.39, 0.29) is 5.91 Å². The summed E-state index contributed by atoms with van der Waals surface area (Å²) in [4.78, 5) is 14.8. The molecule has 0 saturated carbocycles. The summed E-state index contributed by atoms with van der Waals surface area (Å²) >= 11 is 0. The molecule has 0 aliphatic carbocycles. The molecule has 2 aromatic carbocycles. The van der Waals surface area contributed by atoms with Gasteiger partial charge in [-0.15, -0.1) is 0 Å². The van der Waals surface area contributed by atoms with Crippen molar-refractivity contribution in [3.05, 3.63) is 59.7 Å². The van der Waals surface area contributed by atoms with Crippen LogP contribution in [0.25, 0.3) is 6.08 Å². The van der Waals surface area contributed by atoms with Crippen molar-refractivity contribution in [3.8, 4) is 11.5 Å². The molecule has 0 unspecified atom stereocenters. The molecule has 5 nitrogen and oxygen atoms in total. The van der Waals surface area contributed by atoms with Crippen molar-refractivity contribution in [1.82, 2.24) is 4.90 Å². The van der Waals surface area contributed by atoms with Gasteiger partial charge in [0.1, 0.15) is 0 Å². The molecule has 154 valence electrons. The fraction of sp³-hybridized carbons (Fsp3) is 0.375. The molecule has 29 heavy (non-hydrogen) atoms. The highest BCUT2D eigenvalue weighted by Crippen LogP contribution is 2.28. The first kappa shape index (κ1) is 20.9. The van der Waals surface area contributed by atoms with E-state index in [1.54, 1.807) is 13.2 Å². The lowest BCUT2D eigenvalue weighted by atomic mass is 10.1. The van der Waals surface area contributed by atoms with Crippen LogP contribution in [0.5, 0.6) is 11.5 Å². The molecule has 2 aromatic rings. The Morgan fingerprint density at radius 3 is 2.69 bits per heavy atom. The highest BCUT2D eigenvalue weighted by molar-refractivity contribution is 6.02. The van der Waals surface area contributed by atoms with Crippen LogP contribution in [-0.2, 0) is 11.3 Å². The van der Waals surface area contributed by atoms with Gasteiger partial charge < -0.3 is 14.8 Å². The van der Waals surface area contributed by atoms with Crippen molar-refractivity contribution in [2.45, 2.75) is 32.7 Å². The molecule has 0 radical (unpaired) electrons. The van der Waals surface area contributed by atoms with E-state index in [0.29, 0.717) is 18.1 Å². The average Bonchev–Trinajstić information content (AvgIpc) is 2.74. The van der Waals surface area contributed by atoms with Gasteiger partial charge in [-0.2, -0.15) is 0 Å². The molecule has 0 aromatic heterocycles. The number of ether oxygens (including phenoxy) is 2. The molecule has 1 saturated heterocycles. The zero-order valence-corrected chi connectivity index (χ0v) is 17.3. The van der Waals surface area contributed by atoms with E-state index >= 15 is 0 Å². The molecule has 5 heteroatoms. The lowest BCUT2D eigenvalue weighted by molar-refractivity contribution is -0.111. The van der Waals surface area contributed by atoms with Crippen molar-refractivity contribution >= 4 is 17.7 Å². The van der Waals surface area contributed by atoms with Gasteiger partial charge in [0.25, 0.3) is 0 Å². The Morgan fingerprint density at radius 2 is 1.93 bits per heavy atom. The second kappa shape index (κ2) is 10.7. The fourth-order valence-electron chi connectivity index (χ4n) is 3.54. The summed E-state index contributed by atoms with van der Waals surface area (Å²) in [6.07, 6.45) is 7.19. The first-order chi connectivity index (χ1) is 14.2. The molecule has 0 atom stereocenters. The molecule has 1 heterocycles. The number of rotatable bonds is 8. The maximum absolute atomic E-state index is 12.4. The van der Waals surface area contributed by atoms with E-state index in [1.807, 2.05) is 37.3 Å². The van der Waals surface area contributed by atoms with Crippen molar-refractivity contribution in [1.29, 1.82) is 0 Å². The number of benzene rings is 2. The SMILES string of the molecule is CCOc1cc(/C=C/C(=O)Nc2cccc(CN3CCCCC3)c2)ccc1OC. The lowest BCUT2D eigenvalue weighted by Gasteiger charge is -2.26. The topological polar surface area (TPSA) is 50.8 Å². The van der Waals surface area contributed by atoms with E-state index in [9.17, 15) is 4.79 Å². The smallest absolute Gasteiger partial charge is 0.248 e. The van der Waals surface area contributed by atoms with Crippen LogP contribution in [-0.4, -0.2) is 37.6 Å². The van der Waals surface area contributed by atoms with Crippen molar-refractivity contribution in [2.75, 3.05) is 32.1 Å². The second-order valence-electron chi connectivity index (χ2n) is 7.20. The first-order valence-electron chi connectivity index (χ1n) is 10.3. The number of anilines is 1. The molecule has 1 N–H and O–H groups in total. The van der Waals surface area contributed by atoms with E-state index in [1.165, 1.54) is 30.9 Å². The van der Waals surface area contributed by atoms with Crippen molar-refractivity contribution < 1.29 is 14.3 Å². The number of carbonyl (C=O) groups excluding carboxylic acids is 1.